The van der Waals surface area contributed by atoms with Gasteiger partial charge in [0.2, 0.25) is 21.8 Å². The van der Waals surface area contributed by atoms with Gasteiger partial charge in [-0.2, -0.15) is 0 Å². The third-order valence-corrected chi connectivity index (χ3v) is 6.89. The first kappa shape index (κ1) is 27.4. The Morgan fingerprint density at radius 1 is 0.971 bits per heavy atom. The molecule has 0 fully saturated rings. The number of hydrogen-bond acceptors (Lipinski definition) is 4. The summed E-state index contributed by atoms with van der Waals surface area (Å²) in [6.07, 6.45) is 3.33. The van der Waals surface area contributed by atoms with Crippen LogP contribution < -0.4 is 9.62 Å². The van der Waals surface area contributed by atoms with Crippen LogP contribution in [0.15, 0.2) is 54.6 Å². The van der Waals surface area contributed by atoms with Crippen molar-refractivity contribution < 1.29 is 18.0 Å². The van der Waals surface area contributed by atoms with Crippen molar-refractivity contribution in [3.05, 3.63) is 65.7 Å². The van der Waals surface area contributed by atoms with E-state index >= 15 is 0 Å². The van der Waals surface area contributed by atoms with E-state index in [4.69, 9.17) is 0 Å². The van der Waals surface area contributed by atoms with Gasteiger partial charge < -0.3 is 10.2 Å². The van der Waals surface area contributed by atoms with Crippen LogP contribution in [0.2, 0.25) is 0 Å². The standard InChI is InChI=1S/C26H37N3O4S/c1-5-18-27-26(31)21(3)28(20-23-11-8-7-9-12-23)25(30)13-10-19-29(34(4,32)33)24-16-14-22(6-2)15-17-24/h7-9,11-12,14-17,21H,5-6,10,13,18-20H2,1-4H3,(H,27,31). The van der Waals surface area contributed by atoms with Crippen LogP contribution in [0.25, 0.3) is 0 Å². The van der Waals surface area contributed by atoms with Gasteiger partial charge in [0.15, 0.2) is 0 Å². The number of benzene rings is 2. The van der Waals surface area contributed by atoms with Crippen molar-refractivity contribution in [3.8, 4) is 0 Å². The number of hydrogen-bond donors (Lipinski definition) is 1. The third-order valence-electron chi connectivity index (χ3n) is 5.70. The predicted molar refractivity (Wildman–Crippen MR) is 137 cm³/mol. The summed E-state index contributed by atoms with van der Waals surface area (Å²) in [4.78, 5) is 27.4. The quantitative estimate of drug-likeness (QED) is 0.466. The number of nitrogens with zero attached hydrogens (tertiary/aromatic N) is 2. The molecule has 7 nitrogen and oxygen atoms in total. The van der Waals surface area contributed by atoms with Crippen molar-refractivity contribution in [1.29, 1.82) is 0 Å². The SMILES string of the molecule is CCCNC(=O)C(C)N(Cc1ccccc1)C(=O)CCCN(c1ccc(CC)cc1)S(C)(=O)=O. The summed E-state index contributed by atoms with van der Waals surface area (Å²) in [6.45, 7) is 6.79. The van der Waals surface area contributed by atoms with Crippen LogP contribution in [-0.4, -0.2) is 50.5 Å². The molecule has 1 atom stereocenters. The van der Waals surface area contributed by atoms with E-state index in [1.807, 2.05) is 56.3 Å². The molecule has 8 heteroatoms. The largest absolute Gasteiger partial charge is 0.354 e. The molecule has 1 unspecified atom stereocenters. The van der Waals surface area contributed by atoms with Crippen LogP contribution in [0, 0.1) is 0 Å². The maximum Gasteiger partial charge on any atom is 0.242 e. The van der Waals surface area contributed by atoms with Crippen molar-refractivity contribution in [2.24, 2.45) is 0 Å². The summed E-state index contributed by atoms with van der Waals surface area (Å²) in [5, 5.41) is 2.86. The fourth-order valence-corrected chi connectivity index (χ4v) is 4.63. The zero-order valence-corrected chi connectivity index (χ0v) is 21.5. The van der Waals surface area contributed by atoms with Crippen molar-refractivity contribution >= 4 is 27.5 Å². The first-order valence-corrected chi connectivity index (χ1v) is 13.7. The summed E-state index contributed by atoms with van der Waals surface area (Å²) < 4.78 is 26.2. The summed E-state index contributed by atoms with van der Waals surface area (Å²) in [7, 11) is -3.50. The fourth-order valence-electron chi connectivity index (χ4n) is 3.66. The molecule has 0 aliphatic carbocycles. The topological polar surface area (TPSA) is 86.8 Å². The van der Waals surface area contributed by atoms with Crippen molar-refractivity contribution in [1.82, 2.24) is 10.2 Å². The van der Waals surface area contributed by atoms with Crippen LogP contribution in [0.3, 0.4) is 0 Å². The fraction of sp³-hybridized carbons (Fsp3) is 0.462. The molecule has 186 valence electrons. The van der Waals surface area contributed by atoms with Crippen LogP contribution in [-0.2, 0) is 32.6 Å². The Kier molecular flexibility index (Phi) is 10.6. The zero-order valence-electron chi connectivity index (χ0n) is 20.7. The zero-order chi connectivity index (χ0) is 25.1. The molecule has 0 bridgehead atoms. The van der Waals surface area contributed by atoms with Gasteiger partial charge in [0.05, 0.1) is 11.9 Å². The highest BCUT2D eigenvalue weighted by molar-refractivity contribution is 7.92. The predicted octanol–water partition coefficient (Wildman–Crippen LogP) is 3.74. The minimum atomic E-state index is -3.50. The molecule has 0 radical (unpaired) electrons. The van der Waals surface area contributed by atoms with Gasteiger partial charge in [0, 0.05) is 26.1 Å². The molecule has 1 N–H and O–H groups in total. The number of aryl methyl sites for hydroxylation is 1. The lowest BCUT2D eigenvalue weighted by Gasteiger charge is -2.29. The van der Waals surface area contributed by atoms with Crippen LogP contribution in [0.4, 0.5) is 5.69 Å². The molecule has 2 aromatic carbocycles. The molecule has 2 amide bonds. The van der Waals surface area contributed by atoms with Crippen LogP contribution >= 0.6 is 0 Å². The molecule has 0 aliphatic heterocycles. The van der Waals surface area contributed by atoms with Gasteiger partial charge >= 0.3 is 0 Å². The van der Waals surface area contributed by atoms with E-state index in [1.54, 1.807) is 24.0 Å². The maximum atomic E-state index is 13.2. The molecule has 0 saturated carbocycles. The van der Waals surface area contributed by atoms with E-state index < -0.39 is 16.1 Å². The van der Waals surface area contributed by atoms with E-state index in [-0.39, 0.29) is 24.8 Å². The third kappa shape index (κ3) is 8.17. The minimum absolute atomic E-state index is 0.136. The summed E-state index contributed by atoms with van der Waals surface area (Å²) in [6, 6.07) is 16.3. The number of rotatable bonds is 13. The second kappa shape index (κ2) is 13.1. The molecule has 2 rings (SSSR count). The van der Waals surface area contributed by atoms with Crippen molar-refractivity contribution in [3.63, 3.8) is 0 Å². The average Bonchev–Trinajstić information content (AvgIpc) is 2.83. The van der Waals surface area contributed by atoms with Gasteiger partial charge in [-0.1, -0.05) is 56.3 Å². The lowest BCUT2D eigenvalue weighted by molar-refractivity contribution is -0.140. The Labute approximate surface area is 204 Å². The highest BCUT2D eigenvalue weighted by atomic mass is 32.2. The molecular weight excluding hydrogens is 450 g/mol. The van der Waals surface area contributed by atoms with Gasteiger partial charge in [0.1, 0.15) is 6.04 Å². The van der Waals surface area contributed by atoms with Gasteiger partial charge in [-0.05, 0) is 49.4 Å². The monoisotopic (exact) mass is 487 g/mol. The highest BCUT2D eigenvalue weighted by Gasteiger charge is 2.26. The van der Waals surface area contributed by atoms with E-state index in [9.17, 15) is 18.0 Å². The Balaban J connectivity index is 2.11. The van der Waals surface area contributed by atoms with E-state index in [2.05, 4.69) is 5.32 Å². The number of anilines is 1. The van der Waals surface area contributed by atoms with Gasteiger partial charge in [-0.3, -0.25) is 13.9 Å². The first-order valence-electron chi connectivity index (χ1n) is 11.8. The molecule has 0 heterocycles. The number of carbonyl (C=O) groups excluding carboxylic acids is 2. The number of amides is 2. The lowest BCUT2D eigenvalue weighted by atomic mass is 10.1. The van der Waals surface area contributed by atoms with E-state index in [1.165, 1.54) is 10.6 Å². The Hall–Kier alpha value is -2.87. The van der Waals surface area contributed by atoms with Gasteiger partial charge in [-0.25, -0.2) is 8.42 Å². The number of nitrogens with one attached hydrogen (secondary N) is 1. The number of sulfonamides is 1. The van der Waals surface area contributed by atoms with Gasteiger partial charge in [-0.15, -0.1) is 0 Å². The Bertz CT molecular complexity index is 1020. The smallest absolute Gasteiger partial charge is 0.242 e. The second-order valence-electron chi connectivity index (χ2n) is 8.43. The van der Waals surface area contributed by atoms with E-state index in [0.717, 1.165) is 24.0 Å². The molecule has 0 spiro atoms. The second-order valence-corrected chi connectivity index (χ2v) is 10.3. The molecule has 0 saturated heterocycles. The van der Waals surface area contributed by atoms with Crippen LogP contribution in [0.1, 0.15) is 51.2 Å². The summed E-state index contributed by atoms with van der Waals surface area (Å²) >= 11 is 0. The Morgan fingerprint density at radius 2 is 1.62 bits per heavy atom. The highest BCUT2D eigenvalue weighted by Crippen LogP contribution is 2.20. The van der Waals surface area contributed by atoms with Gasteiger partial charge in [0.25, 0.3) is 0 Å². The molecule has 2 aromatic rings. The summed E-state index contributed by atoms with van der Waals surface area (Å²) in [5.74, 6) is -0.377. The van der Waals surface area contributed by atoms with Crippen LogP contribution in [0.5, 0.6) is 0 Å². The molecule has 34 heavy (non-hydrogen) atoms. The summed E-state index contributed by atoms with van der Waals surface area (Å²) in [5.41, 5.74) is 2.64. The molecule has 0 aromatic heterocycles. The molecule has 0 aliphatic rings. The Morgan fingerprint density at radius 3 is 2.18 bits per heavy atom. The molecular formula is C26H37N3O4S. The average molecular weight is 488 g/mol. The minimum Gasteiger partial charge on any atom is -0.354 e. The van der Waals surface area contributed by atoms with Crippen molar-refractivity contribution in [2.45, 2.75) is 59.0 Å². The maximum absolute atomic E-state index is 13.2. The first-order chi connectivity index (χ1) is 16.2. The van der Waals surface area contributed by atoms with E-state index in [0.29, 0.717) is 25.2 Å². The number of carbonyl (C=O) groups is 2. The lowest BCUT2D eigenvalue weighted by Crippen LogP contribution is -2.47. The normalized spacial score (nSPS) is 12.1. The van der Waals surface area contributed by atoms with Crippen molar-refractivity contribution in [2.75, 3.05) is 23.7 Å².